The molecule has 3 heterocycles. The Hall–Kier alpha value is -2.60. The highest BCUT2D eigenvalue weighted by molar-refractivity contribution is 5.60. The van der Waals surface area contributed by atoms with Crippen molar-refractivity contribution in [3.63, 3.8) is 0 Å². The van der Waals surface area contributed by atoms with E-state index in [0.29, 0.717) is 5.92 Å². The first kappa shape index (κ1) is 20.1. The van der Waals surface area contributed by atoms with Crippen molar-refractivity contribution in [2.45, 2.75) is 45.6 Å². The van der Waals surface area contributed by atoms with Gasteiger partial charge in [-0.1, -0.05) is 50.6 Å². The Morgan fingerprint density at radius 1 is 1.11 bits per heavy atom. The second kappa shape index (κ2) is 10.1. The van der Waals surface area contributed by atoms with Gasteiger partial charge in [0, 0.05) is 25.2 Å². The summed E-state index contributed by atoms with van der Waals surface area (Å²) >= 11 is 0. The van der Waals surface area contributed by atoms with Crippen LogP contribution in [0, 0.1) is 0 Å². The first-order chi connectivity index (χ1) is 13.7. The van der Waals surface area contributed by atoms with Crippen LogP contribution in [0.1, 0.15) is 50.2 Å². The van der Waals surface area contributed by atoms with Crippen LogP contribution < -0.4 is 16.0 Å². The number of hydrogen-bond acceptors (Lipinski definition) is 5. The zero-order chi connectivity index (χ0) is 19.8. The van der Waals surface area contributed by atoms with Crippen LogP contribution in [0.15, 0.2) is 42.6 Å². The van der Waals surface area contributed by atoms with Crippen LogP contribution in [0.25, 0.3) is 5.65 Å². The number of hydrogen-bond donors (Lipinski definition) is 3. The van der Waals surface area contributed by atoms with Gasteiger partial charge in [-0.15, -0.1) is 0 Å². The lowest BCUT2D eigenvalue weighted by atomic mass is 10.1. The SMILES string of the molecule is C1CCNCC1.CNc1cc(NCc2ccccc2)n2ncc(C(C)C)c2n1. The third-order valence-electron chi connectivity index (χ3n) is 4.90. The molecular weight excluding hydrogens is 348 g/mol. The molecule has 1 aliphatic heterocycles. The lowest BCUT2D eigenvalue weighted by molar-refractivity contribution is 0.520. The molecule has 0 spiro atoms. The second-order valence-corrected chi connectivity index (χ2v) is 7.42. The molecule has 3 aromatic rings. The smallest absolute Gasteiger partial charge is 0.163 e. The van der Waals surface area contributed by atoms with Gasteiger partial charge in [0.05, 0.1) is 6.20 Å². The zero-order valence-corrected chi connectivity index (χ0v) is 17.2. The van der Waals surface area contributed by atoms with Crippen LogP contribution in [-0.4, -0.2) is 34.7 Å². The van der Waals surface area contributed by atoms with Crippen LogP contribution in [0.3, 0.4) is 0 Å². The fraction of sp³-hybridized carbons (Fsp3) is 0.455. The van der Waals surface area contributed by atoms with Gasteiger partial charge in [-0.05, 0) is 37.4 Å². The molecule has 150 valence electrons. The largest absolute Gasteiger partial charge is 0.373 e. The normalized spacial score (nSPS) is 13.9. The van der Waals surface area contributed by atoms with E-state index >= 15 is 0 Å². The van der Waals surface area contributed by atoms with Gasteiger partial charge in [0.2, 0.25) is 0 Å². The van der Waals surface area contributed by atoms with E-state index in [1.807, 2.05) is 42.0 Å². The molecule has 0 radical (unpaired) electrons. The van der Waals surface area contributed by atoms with Crippen LogP contribution in [0.4, 0.5) is 11.6 Å². The number of aromatic nitrogens is 3. The molecule has 0 unspecified atom stereocenters. The molecule has 0 atom stereocenters. The summed E-state index contributed by atoms with van der Waals surface area (Å²) in [5.74, 6) is 2.16. The Kier molecular flexibility index (Phi) is 7.25. The predicted molar refractivity (Wildman–Crippen MR) is 117 cm³/mol. The van der Waals surface area contributed by atoms with Crippen LogP contribution >= 0.6 is 0 Å². The average molecular weight is 381 g/mol. The molecule has 0 bridgehead atoms. The molecule has 2 aromatic heterocycles. The summed E-state index contributed by atoms with van der Waals surface area (Å²) in [4.78, 5) is 4.64. The maximum absolute atomic E-state index is 4.64. The predicted octanol–water partition coefficient (Wildman–Crippen LogP) is 4.27. The molecule has 6 heteroatoms. The van der Waals surface area contributed by atoms with Gasteiger partial charge >= 0.3 is 0 Å². The van der Waals surface area contributed by atoms with Crippen LogP contribution in [0.5, 0.6) is 0 Å². The van der Waals surface area contributed by atoms with Crippen LogP contribution in [-0.2, 0) is 6.54 Å². The van der Waals surface area contributed by atoms with E-state index in [4.69, 9.17) is 0 Å². The van der Waals surface area contributed by atoms with Crippen molar-refractivity contribution in [3.05, 3.63) is 53.7 Å². The van der Waals surface area contributed by atoms with E-state index in [9.17, 15) is 0 Å². The zero-order valence-electron chi connectivity index (χ0n) is 17.2. The molecule has 1 fully saturated rings. The standard InChI is InChI=1S/C17H21N5.C5H11N/c1-12(2)14-11-20-22-16(9-15(18-3)21-17(14)22)19-10-13-7-5-4-6-8-13;1-2-4-6-5-3-1/h4-9,11-12,19H,10H2,1-3H3,(H,18,21);6H,1-5H2. The Morgan fingerprint density at radius 2 is 1.86 bits per heavy atom. The van der Waals surface area contributed by atoms with Crippen molar-refractivity contribution in [1.29, 1.82) is 0 Å². The van der Waals surface area contributed by atoms with Gasteiger partial charge in [-0.2, -0.15) is 9.61 Å². The van der Waals surface area contributed by atoms with Gasteiger partial charge in [-0.25, -0.2) is 4.98 Å². The maximum atomic E-state index is 4.64. The number of anilines is 2. The molecule has 6 nitrogen and oxygen atoms in total. The summed E-state index contributed by atoms with van der Waals surface area (Å²) in [6, 6.07) is 12.3. The van der Waals surface area contributed by atoms with Gasteiger partial charge in [0.1, 0.15) is 11.6 Å². The quantitative estimate of drug-likeness (QED) is 0.617. The number of rotatable bonds is 5. The highest BCUT2D eigenvalue weighted by Gasteiger charge is 2.13. The summed E-state index contributed by atoms with van der Waals surface area (Å²) in [7, 11) is 1.88. The van der Waals surface area contributed by atoms with E-state index < -0.39 is 0 Å². The van der Waals surface area contributed by atoms with Gasteiger partial charge in [-0.3, -0.25) is 0 Å². The van der Waals surface area contributed by atoms with Crippen molar-refractivity contribution >= 4 is 17.3 Å². The summed E-state index contributed by atoms with van der Waals surface area (Å²) in [5, 5.41) is 14.3. The first-order valence-electron chi connectivity index (χ1n) is 10.2. The summed E-state index contributed by atoms with van der Waals surface area (Å²) < 4.78 is 1.87. The molecule has 1 aliphatic rings. The molecule has 28 heavy (non-hydrogen) atoms. The van der Waals surface area contributed by atoms with E-state index in [1.54, 1.807) is 0 Å². The Balaban J connectivity index is 0.000000320. The number of piperidine rings is 1. The highest BCUT2D eigenvalue weighted by Crippen LogP contribution is 2.24. The van der Waals surface area contributed by atoms with Gasteiger partial charge in [0.15, 0.2) is 5.65 Å². The number of nitrogens with zero attached hydrogens (tertiary/aromatic N) is 3. The number of nitrogens with one attached hydrogen (secondary N) is 3. The molecule has 0 amide bonds. The highest BCUT2D eigenvalue weighted by atomic mass is 15.3. The van der Waals surface area contributed by atoms with E-state index in [1.165, 1.54) is 37.9 Å². The number of benzene rings is 1. The van der Waals surface area contributed by atoms with Crippen molar-refractivity contribution < 1.29 is 0 Å². The fourth-order valence-electron chi connectivity index (χ4n) is 3.23. The second-order valence-electron chi connectivity index (χ2n) is 7.42. The fourth-order valence-corrected chi connectivity index (χ4v) is 3.23. The van der Waals surface area contributed by atoms with Gasteiger partial charge in [0.25, 0.3) is 0 Å². The Morgan fingerprint density at radius 3 is 2.43 bits per heavy atom. The minimum atomic E-state index is 0.388. The molecule has 1 saturated heterocycles. The van der Waals surface area contributed by atoms with Crippen molar-refractivity contribution in [3.8, 4) is 0 Å². The molecule has 0 saturated carbocycles. The third-order valence-corrected chi connectivity index (χ3v) is 4.90. The van der Waals surface area contributed by atoms with Crippen molar-refractivity contribution in [1.82, 2.24) is 19.9 Å². The Labute approximate surface area is 167 Å². The summed E-state index contributed by atoms with van der Waals surface area (Å²) in [5.41, 5.74) is 3.28. The average Bonchev–Trinajstić information content (AvgIpc) is 3.19. The maximum Gasteiger partial charge on any atom is 0.163 e. The van der Waals surface area contributed by atoms with Gasteiger partial charge < -0.3 is 16.0 Å². The van der Waals surface area contributed by atoms with Crippen molar-refractivity contribution in [2.75, 3.05) is 30.8 Å². The van der Waals surface area contributed by atoms with Crippen molar-refractivity contribution in [2.24, 2.45) is 0 Å². The minimum Gasteiger partial charge on any atom is -0.373 e. The first-order valence-corrected chi connectivity index (χ1v) is 10.2. The monoisotopic (exact) mass is 380 g/mol. The topological polar surface area (TPSA) is 66.3 Å². The lowest BCUT2D eigenvalue weighted by Crippen LogP contribution is -2.21. The molecule has 3 N–H and O–H groups in total. The Bertz CT molecular complexity index is 841. The lowest BCUT2D eigenvalue weighted by Gasteiger charge is -2.11. The third kappa shape index (κ3) is 5.23. The number of fused-ring (bicyclic) bond motifs is 1. The molecular formula is C22H32N6. The molecule has 1 aromatic carbocycles. The van der Waals surface area contributed by atoms with E-state index in [-0.39, 0.29) is 0 Å². The van der Waals surface area contributed by atoms with E-state index in [2.05, 4.69) is 52.0 Å². The van der Waals surface area contributed by atoms with E-state index in [0.717, 1.165) is 29.4 Å². The van der Waals surface area contributed by atoms with Crippen LogP contribution in [0.2, 0.25) is 0 Å². The summed E-state index contributed by atoms with van der Waals surface area (Å²) in [6.07, 6.45) is 6.12. The molecule has 4 rings (SSSR count). The molecule has 0 aliphatic carbocycles. The minimum absolute atomic E-state index is 0.388. The summed E-state index contributed by atoms with van der Waals surface area (Å²) in [6.45, 7) is 7.56.